The number of nitrogens with zero attached hydrogens (tertiary/aromatic N) is 4. The second-order valence-electron chi connectivity index (χ2n) is 5.84. The molecule has 0 saturated carbocycles. The van der Waals surface area contributed by atoms with E-state index in [-0.39, 0.29) is 0 Å². The van der Waals surface area contributed by atoms with Crippen LogP contribution in [-0.4, -0.2) is 15.2 Å². The first-order valence-electron chi connectivity index (χ1n) is 7.98. The summed E-state index contributed by atoms with van der Waals surface area (Å²) in [7, 11) is 0. The zero-order valence-corrected chi connectivity index (χ0v) is 15.0. The molecular weight excluding hydrogens is 344 g/mol. The van der Waals surface area contributed by atoms with E-state index >= 15 is 0 Å². The number of aryl methyl sites for hydroxylation is 2. The third-order valence-corrected chi connectivity index (χ3v) is 5.04. The van der Waals surface area contributed by atoms with Crippen LogP contribution in [0.1, 0.15) is 11.3 Å². The second kappa shape index (κ2) is 6.54. The Hall–Kier alpha value is -3.30. The SMILES string of the molecule is [C-]#[N+]c1cc(Oc2nccc3ccsc23)ccc1-c1c(C)cnnc1C. The summed E-state index contributed by atoms with van der Waals surface area (Å²) in [6, 6.07) is 9.49. The molecular formula is C20H14N4OS. The molecule has 0 aliphatic heterocycles. The van der Waals surface area contributed by atoms with Gasteiger partial charge >= 0.3 is 0 Å². The highest BCUT2D eigenvalue weighted by molar-refractivity contribution is 7.17. The molecule has 0 aliphatic carbocycles. The lowest BCUT2D eigenvalue weighted by Gasteiger charge is -2.12. The molecule has 26 heavy (non-hydrogen) atoms. The van der Waals surface area contributed by atoms with Crippen molar-refractivity contribution in [3.63, 3.8) is 0 Å². The molecule has 0 bridgehead atoms. The van der Waals surface area contributed by atoms with Crippen LogP contribution in [-0.2, 0) is 0 Å². The predicted octanol–water partition coefficient (Wildman–Crippen LogP) is 5.71. The molecule has 126 valence electrons. The van der Waals surface area contributed by atoms with Gasteiger partial charge in [0, 0.05) is 6.20 Å². The monoisotopic (exact) mass is 358 g/mol. The molecule has 0 N–H and O–H groups in total. The minimum absolute atomic E-state index is 0.514. The van der Waals surface area contributed by atoms with Gasteiger partial charge in [-0.15, -0.1) is 11.3 Å². The van der Waals surface area contributed by atoms with Crippen LogP contribution in [0.3, 0.4) is 0 Å². The maximum Gasteiger partial charge on any atom is 0.237 e. The van der Waals surface area contributed by atoms with Crippen molar-refractivity contribution in [2.45, 2.75) is 13.8 Å². The summed E-state index contributed by atoms with van der Waals surface area (Å²) >= 11 is 1.58. The van der Waals surface area contributed by atoms with Crippen molar-refractivity contribution in [3.05, 3.63) is 70.8 Å². The molecule has 0 spiro atoms. The van der Waals surface area contributed by atoms with Crippen molar-refractivity contribution < 1.29 is 4.74 Å². The molecule has 0 radical (unpaired) electrons. The van der Waals surface area contributed by atoms with Gasteiger partial charge in [-0.3, -0.25) is 0 Å². The number of ether oxygens (including phenoxy) is 1. The number of aromatic nitrogens is 3. The second-order valence-corrected chi connectivity index (χ2v) is 6.75. The molecule has 0 aliphatic rings. The Morgan fingerprint density at radius 2 is 2.04 bits per heavy atom. The third-order valence-electron chi connectivity index (χ3n) is 4.12. The summed E-state index contributed by atoms with van der Waals surface area (Å²) in [5.74, 6) is 1.14. The minimum Gasteiger partial charge on any atom is -0.439 e. The molecule has 4 aromatic rings. The zero-order chi connectivity index (χ0) is 18.1. The number of pyridine rings is 1. The predicted molar refractivity (Wildman–Crippen MR) is 103 cm³/mol. The van der Waals surface area contributed by atoms with Crippen molar-refractivity contribution in [1.29, 1.82) is 0 Å². The molecule has 0 amide bonds. The van der Waals surface area contributed by atoms with Gasteiger partial charge in [-0.25, -0.2) is 9.83 Å². The Morgan fingerprint density at radius 1 is 1.15 bits per heavy atom. The molecule has 0 fully saturated rings. The Kier molecular flexibility index (Phi) is 4.07. The topological polar surface area (TPSA) is 52.3 Å². The summed E-state index contributed by atoms with van der Waals surface area (Å²) in [6.45, 7) is 11.4. The standard InChI is InChI=1S/C20H14N4OS/c1-12-11-23-24-13(2)18(12)16-5-4-15(10-17(16)21-3)25-20-19-14(6-8-22-20)7-9-26-19/h4-11H,1-2H3. The fourth-order valence-electron chi connectivity index (χ4n) is 2.94. The maximum absolute atomic E-state index is 7.58. The van der Waals surface area contributed by atoms with Gasteiger partial charge in [0.15, 0.2) is 5.69 Å². The smallest absolute Gasteiger partial charge is 0.237 e. The summed E-state index contributed by atoms with van der Waals surface area (Å²) in [4.78, 5) is 8.02. The van der Waals surface area contributed by atoms with Crippen LogP contribution in [0.25, 0.3) is 26.1 Å². The highest BCUT2D eigenvalue weighted by Crippen LogP contribution is 2.38. The first-order valence-corrected chi connectivity index (χ1v) is 8.86. The van der Waals surface area contributed by atoms with Gasteiger partial charge in [0.1, 0.15) is 5.75 Å². The van der Waals surface area contributed by atoms with E-state index in [9.17, 15) is 0 Å². The first kappa shape index (κ1) is 16.2. The molecule has 5 nitrogen and oxygen atoms in total. The van der Waals surface area contributed by atoms with Gasteiger partial charge in [-0.2, -0.15) is 10.2 Å². The number of rotatable bonds is 3. The van der Waals surface area contributed by atoms with Crippen molar-refractivity contribution in [2.24, 2.45) is 0 Å². The average Bonchev–Trinajstić information content (AvgIpc) is 3.12. The lowest BCUT2D eigenvalue weighted by Crippen LogP contribution is -1.95. The van der Waals surface area contributed by atoms with Crippen LogP contribution in [0.5, 0.6) is 11.6 Å². The van der Waals surface area contributed by atoms with Gasteiger partial charge in [-0.1, -0.05) is 6.07 Å². The van der Waals surface area contributed by atoms with Crippen LogP contribution in [0.2, 0.25) is 0 Å². The summed E-state index contributed by atoms with van der Waals surface area (Å²) in [6.07, 6.45) is 3.44. The fourth-order valence-corrected chi connectivity index (χ4v) is 3.76. The Balaban J connectivity index is 1.77. The Morgan fingerprint density at radius 3 is 2.85 bits per heavy atom. The van der Waals surface area contributed by atoms with E-state index in [0.717, 1.165) is 32.5 Å². The van der Waals surface area contributed by atoms with Crippen molar-refractivity contribution in [3.8, 4) is 22.8 Å². The van der Waals surface area contributed by atoms with Crippen LogP contribution in [0.4, 0.5) is 5.69 Å². The summed E-state index contributed by atoms with van der Waals surface area (Å²) in [5, 5.41) is 11.2. The number of thiophene rings is 1. The molecule has 3 aromatic heterocycles. The van der Waals surface area contributed by atoms with Crippen LogP contribution >= 0.6 is 11.3 Å². The number of fused-ring (bicyclic) bond motifs is 1. The molecule has 3 heterocycles. The van der Waals surface area contributed by atoms with E-state index in [1.54, 1.807) is 29.8 Å². The highest BCUT2D eigenvalue weighted by atomic mass is 32.1. The minimum atomic E-state index is 0.514. The lowest BCUT2D eigenvalue weighted by atomic mass is 9.99. The largest absolute Gasteiger partial charge is 0.439 e. The third kappa shape index (κ3) is 2.79. The van der Waals surface area contributed by atoms with Gasteiger partial charge in [0.05, 0.1) is 23.2 Å². The average molecular weight is 358 g/mol. The van der Waals surface area contributed by atoms with Crippen molar-refractivity contribution >= 4 is 27.1 Å². The normalized spacial score (nSPS) is 10.7. The van der Waals surface area contributed by atoms with E-state index < -0.39 is 0 Å². The Labute approximate surface area is 154 Å². The van der Waals surface area contributed by atoms with Crippen molar-refractivity contribution in [2.75, 3.05) is 0 Å². The molecule has 1 aromatic carbocycles. The van der Waals surface area contributed by atoms with E-state index in [0.29, 0.717) is 17.3 Å². The number of benzene rings is 1. The molecule has 4 rings (SSSR count). The maximum atomic E-state index is 7.58. The van der Waals surface area contributed by atoms with Crippen LogP contribution in [0, 0.1) is 20.4 Å². The zero-order valence-electron chi connectivity index (χ0n) is 14.2. The fraction of sp³-hybridized carbons (Fsp3) is 0.100. The summed E-state index contributed by atoms with van der Waals surface area (Å²) in [5.41, 5.74) is 4.07. The highest BCUT2D eigenvalue weighted by Gasteiger charge is 2.14. The quantitative estimate of drug-likeness (QED) is 0.440. The first-order chi connectivity index (χ1) is 12.7. The molecule has 6 heteroatoms. The van der Waals surface area contributed by atoms with Gasteiger partial charge in [0.2, 0.25) is 5.88 Å². The molecule has 0 unspecified atom stereocenters. The molecule has 0 atom stereocenters. The van der Waals surface area contributed by atoms with Crippen molar-refractivity contribution in [1.82, 2.24) is 15.2 Å². The van der Waals surface area contributed by atoms with Gasteiger partial charge < -0.3 is 4.74 Å². The van der Waals surface area contributed by atoms with Crippen LogP contribution < -0.4 is 4.74 Å². The van der Waals surface area contributed by atoms with E-state index in [1.807, 2.05) is 43.5 Å². The van der Waals surface area contributed by atoms with Crippen LogP contribution in [0.15, 0.2) is 48.1 Å². The van der Waals surface area contributed by atoms with Gasteiger partial charge in [-0.05, 0) is 65.6 Å². The number of hydrogen-bond acceptors (Lipinski definition) is 5. The van der Waals surface area contributed by atoms with E-state index in [4.69, 9.17) is 11.3 Å². The summed E-state index contributed by atoms with van der Waals surface area (Å²) < 4.78 is 6.96. The lowest BCUT2D eigenvalue weighted by molar-refractivity contribution is 0.470. The van der Waals surface area contributed by atoms with E-state index in [2.05, 4.69) is 20.0 Å². The number of hydrogen-bond donors (Lipinski definition) is 0. The molecule has 0 saturated heterocycles. The van der Waals surface area contributed by atoms with Gasteiger partial charge in [0.25, 0.3) is 0 Å². The Bertz CT molecular complexity index is 1140. The van der Waals surface area contributed by atoms with E-state index in [1.165, 1.54) is 0 Å².